The highest BCUT2D eigenvalue weighted by Gasteiger charge is 1.82. The zero-order chi connectivity index (χ0) is 7.98. The van der Waals surface area contributed by atoms with Crippen LogP contribution in [0.15, 0.2) is 36.0 Å². The largest absolute Gasteiger partial charge is 0.260 e. The van der Waals surface area contributed by atoms with Crippen LogP contribution in [-0.2, 0) is 0 Å². The van der Waals surface area contributed by atoms with Crippen molar-refractivity contribution in [2.75, 3.05) is 0 Å². The van der Waals surface area contributed by atoms with Crippen molar-refractivity contribution in [3.63, 3.8) is 0 Å². The number of hydrogen-bond acceptors (Lipinski definition) is 1. The Balaban J connectivity index is 0.000000371. The Morgan fingerprint density at radius 1 is 1.40 bits per heavy atom. The van der Waals surface area contributed by atoms with Crippen LogP contribution in [0, 0.1) is 6.92 Å². The maximum absolute atomic E-state index is 4.03. The van der Waals surface area contributed by atoms with Gasteiger partial charge in [-0.25, -0.2) is 0 Å². The first-order valence-electron chi connectivity index (χ1n) is 2.87. The summed E-state index contributed by atoms with van der Waals surface area (Å²) < 4.78 is 1.03. The summed E-state index contributed by atoms with van der Waals surface area (Å²) in [5.74, 6) is 0. The average Bonchev–Trinajstić information content (AvgIpc) is 2.00. The van der Waals surface area contributed by atoms with E-state index in [1.54, 1.807) is 6.20 Å². The predicted octanol–water partition coefficient (Wildman–Crippen LogP) is 2.95. The smallest absolute Gasteiger partial charge is 0.0413 e. The van der Waals surface area contributed by atoms with E-state index >= 15 is 0 Å². The highest BCUT2D eigenvalue weighted by Crippen LogP contribution is 2.05. The van der Waals surface area contributed by atoms with Crippen molar-refractivity contribution in [3.8, 4) is 0 Å². The van der Waals surface area contributed by atoms with Crippen LogP contribution in [0.25, 0.3) is 0 Å². The van der Waals surface area contributed by atoms with E-state index in [0.29, 0.717) is 0 Å². The molecule has 0 fully saturated rings. The zero-order valence-electron chi connectivity index (χ0n) is 5.97. The number of hydrogen-bond donors (Lipinski definition) is 0. The number of aryl methyl sites for hydroxylation is 1. The van der Waals surface area contributed by atoms with Crippen molar-refractivity contribution in [2.45, 2.75) is 6.92 Å². The Labute approximate surface area is 69.9 Å². The van der Waals surface area contributed by atoms with Gasteiger partial charge in [0.1, 0.15) is 0 Å². The number of aromatic nitrogens is 1. The summed E-state index contributed by atoms with van der Waals surface area (Å²) in [5.41, 5.74) is 1.05. The number of pyridine rings is 1. The molecule has 2 heteroatoms. The summed E-state index contributed by atoms with van der Waals surface area (Å²) in [6.07, 6.45) is 1.79. The van der Waals surface area contributed by atoms with Gasteiger partial charge in [0.05, 0.1) is 0 Å². The lowest BCUT2D eigenvalue weighted by atomic mass is 10.4. The van der Waals surface area contributed by atoms with Gasteiger partial charge in [0.15, 0.2) is 0 Å². The molecule has 0 bridgehead atoms. The molecule has 1 aromatic heterocycles. The van der Waals surface area contributed by atoms with Crippen molar-refractivity contribution >= 4 is 15.9 Å². The fourth-order valence-electron chi connectivity index (χ4n) is 0.450. The van der Waals surface area contributed by atoms with Crippen LogP contribution in [0.3, 0.4) is 0 Å². The van der Waals surface area contributed by atoms with E-state index in [-0.39, 0.29) is 0 Å². The van der Waals surface area contributed by atoms with Gasteiger partial charge in [0.25, 0.3) is 0 Å². The highest BCUT2D eigenvalue weighted by atomic mass is 79.9. The Morgan fingerprint density at radius 2 is 2.00 bits per heavy atom. The molecule has 0 saturated heterocycles. The molecule has 0 unspecified atom stereocenters. The van der Waals surface area contributed by atoms with Crippen LogP contribution in [0.2, 0.25) is 0 Å². The number of rotatable bonds is 0. The third kappa shape index (κ3) is 3.41. The van der Waals surface area contributed by atoms with Gasteiger partial charge in [0.2, 0.25) is 0 Å². The van der Waals surface area contributed by atoms with Crippen molar-refractivity contribution in [1.82, 2.24) is 4.98 Å². The van der Waals surface area contributed by atoms with Crippen LogP contribution in [0.4, 0.5) is 0 Å². The van der Waals surface area contributed by atoms with Gasteiger partial charge in [-0.2, -0.15) is 0 Å². The molecule has 1 rings (SSSR count). The molecule has 0 radical (unpaired) electrons. The van der Waals surface area contributed by atoms with Gasteiger partial charge in [-0.3, -0.25) is 4.98 Å². The number of halogens is 1. The molecular weight excluding hydrogens is 190 g/mol. The van der Waals surface area contributed by atoms with Gasteiger partial charge in [0, 0.05) is 16.4 Å². The lowest BCUT2D eigenvalue weighted by Crippen LogP contribution is -1.75. The highest BCUT2D eigenvalue weighted by molar-refractivity contribution is 9.10. The molecule has 1 nitrogen and oxygen atoms in total. The second-order valence-corrected chi connectivity index (χ2v) is 2.53. The van der Waals surface area contributed by atoms with Crippen LogP contribution in [0.5, 0.6) is 0 Å². The van der Waals surface area contributed by atoms with Gasteiger partial charge in [-0.05, 0) is 35.0 Å². The quantitative estimate of drug-likeness (QED) is 0.586. The van der Waals surface area contributed by atoms with Crippen molar-refractivity contribution in [2.24, 2.45) is 0 Å². The maximum atomic E-state index is 4.03. The van der Waals surface area contributed by atoms with Crippen molar-refractivity contribution in [3.05, 3.63) is 41.7 Å². The van der Waals surface area contributed by atoms with E-state index in [1.807, 2.05) is 19.1 Å². The van der Waals surface area contributed by atoms with Crippen LogP contribution in [0.1, 0.15) is 5.69 Å². The Hall–Kier alpha value is -0.630. The zero-order valence-corrected chi connectivity index (χ0v) is 7.56. The molecule has 0 aliphatic rings. The average molecular weight is 200 g/mol. The van der Waals surface area contributed by atoms with E-state index in [1.165, 1.54) is 0 Å². The van der Waals surface area contributed by atoms with E-state index in [2.05, 4.69) is 34.1 Å². The summed E-state index contributed by atoms with van der Waals surface area (Å²) in [6.45, 7) is 7.96. The molecule has 1 aromatic rings. The monoisotopic (exact) mass is 199 g/mol. The summed E-state index contributed by atoms with van der Waals surface area (Å²) in [7, 11) is 0. The first-order valence-corrected chi connectivity index (χ1v) is 3.66. The van der Waals surface area contributed by atoms with Gasteiger partial charge in [-0.1, -0.05) is 0 Å². The summed E-state index contributed by atoms with van der Waals surface area (Å²) in [6, 6.07) is 3.94. The molecule has 0 amide bonds. The predicted molar refractivity (Wildman–Crippen MR) is 47.9 cm³/mol. The molecule has 0 atom stereocenters. The van der Waals surface area contributed by atoms with Crippen molar-refractivity contribution < 1.29 is 0 Å². The Bertz CT molecular complexity index is 160. The van der Waals surface area contributed by atoms with Gasteiger partial charge < -0.3 is 0 Å². The third-order valence-electron chi connectivity index (χ3n) is 0.875. The second kappa shape index (κ2) is 5.18. The minimum Gasteiger partial charge on any atom is -0.260 e. The van der Waals surface area contributed by atoms with E-state index in [4.69, 9.17) is 0 Å². The van der Waals surface area contributed by atoms with Crippen LogP contribution in [-0.4, -0.2) is 4.98 Å². The minimum absolute atomic E-state index is 1.03. The van der Waals surface area contributed by atoms with Crippen molar-refractivity contribution in [1.29, 1.82) is 0 Å². The molecule has 54 valence electrons. The topological polar surface area (TPSA) is 12.9 Å². The molecule has 0 aliphatic heterocycles. The van der Waals surface area contributed by atoms with Crippen LogP contribution < -0.4 is 0 Å². The first-order chi connectivity index (χ1) is 4.79. The standard InChI is InChI=1S/C6H6BrN.C2H4/c1-5-2-3-6(7)4-8-5;1-2/h2-4H,1H3;1-2H2. The molecule has 0 saturated carbocycles. The summed E-state index contributed by atoms with van der Waals surface area (Å²) >= 11 is 3.28. The molecule has 0 N–H and O–H groups in total. The van der Waals surface area contributed by atoms with Gasteiger partial charge >= 0.3 is 0 Å². The lowest BCUT2D eigenvalue weighted by Gasteiger charge is -1.87. The molecule has 0 aromatic carbocycles. The molecule has 0 aliphatic carbocycles. The fraction of sp³-hybridized carbons (Fsp3) is 0.125. The SMILES string of the molecule is C=C.Cc1ccc(Br)cn1. The molecule has 1 heterocycles. The fourth-order valence-corrected chi connectivity index (χ4v) is 0.684. The van der Waals surface area contributed by atoms with E-state index in [9.17, 15) is 0 Å². The Kier molecular flexibility index (Phi) is 4.85. The summed E-state index contributed by atoms with van der Waals surface area (Å²) in [5, 5.41) is 0. The van der Waals surface area contributed by atoms with Crippen LogP contribution >= 0.6 is 15.9 Å². The molecule has 0 spiro atoms. The second-order valence-electron chi connectivity index (χ2n) is 1.62. The van der Waals surface area contributed by atoms with E-state index < -0.39 is 0 Å². The molecule has 10 heavy (non-hydrogen) atoms. The van der Waals surface area contributed by atoms with E-state index in [0.717, 1.165) is 10.2 Å². The Morgan fingerprint density at radius 3 is 2.30 bits per heavy atom. The van der Waals surface area contributed by atoms with Gasteiger partial charge in [-0.15, -0.1) is 13.2 Å². The minimum atomic E-state index is 1.03. The first kappa shape index (κ1) is 9.37. The number of nitrogens with zero attached hydrogens (tertiary/aromatic N) is 1. The third-order valence-corrected chi connectivity index (χ3v) is 1.34. The summed E-state index contributed by atoms with van der Waals surface area (Å²) in [4.78, 5) is 4.03. The maximum Gasteiger partial charge on any atom is 0.0413 e. The normalized spacial score (nSPS) is 7.80. The molecular formula is C8H10BrN. The lowest BCUT2D eigenvalue weighted by molar-refractivity contribution is 1.19.